The highest BCUT2D eigenvalue weighted by Gasteiger charge is 2.05. The first kappa shape index (κ1) is 13.6. The maximum Gasteiger partial charge on any atom is 0.0701 e. The fourth-order valence-corrected chi connectivity index (χ4v) is 1.00. The van der Waals surface area contributed by atoms with Crippen molar-refractivity contribution in [1.29, 1.82) is 0 Å². The van der Waals surface area contributed by atoms with Crippen LogP contribution in [0.3, 0.4) is 0 Å². The lowest BCUT2D eigenvalue weighted by atomic mass is 10.1. The summed E-state index contributed by atoms with van der Waals surface area (Å²) in [6.45, 7) is 7.71. The Morgan fingerprint density at radius 3 is 2.71 bits per heavy atom. The van der Waals surface area contributed by atoms with Gasteiger partial charge in [0.05, 0.1) is 19.8 Å². The van der Waals surface area contributed by atoms with E-state index in [0.29, 0.717) is 19.8 Å². The average Bonchev–Trinajstić information content (AvgIpc) is 2.16. The molecule has 0 heterocycles. The monoisotopic (exact) mass is 202 g/mol. The van der Waals surface area contributed by atoms with Crippen LogP contribution in [0.5, 0.6) is 0 Å². The SMILES string of the molecule is C=C(C)CCC(COCCOC)NN. The van der Waals surface area contributed by atoms with Gasteiger partial charge < -0.3 is 9.47 Å². The maximum absolute atomic E-state index is 5.38. The van der Waals surface area contributed by atoms with Gasteiger partial charge >= 0.3 is 0 Å². The average molecular weight is 202 g/mol. The number of nitrogens with one attached hydrogen (secondary N) is 1. The molecule has 0 saturated carbocycles. The highest BCUT2D eigenvalue weighted by molar-refractivity contribution is 4.88. The molecule has 0 rings (SSSR count). The molecule has 0 aromatic heterocycles. The third-order valence-electron chi connectivity index (χ3n) is 1.91. The first-order chi connectivity index (χ1) is 6.70. The summed E-state index contributed by atoms with van der Waals surface area (Å²) in [7, 11) is 1.66. The van der Waals surface area contributed by atoms with Crippen molar-refractivity contribution in [3.05, 3.63) is 12.2 Å². The Hall–Kier alpha value is -0.420. The van der Waals surface area contributed by atoms with Gasteiger partial charge in [0.25, 0.3) is 0 Å². The van der Waals surface area contributed by atoms with Crippen LogP contribution in [0.4, 0.5) is 0 Å². The molecular formula is C10H22N2O2. The van der Waals surface area contributed by atoms with Crippen molar-refractivity contribution in [2.75, 3.05) is 26.9 Å². The Bertz CT molecular complexity index is 151. The molecule has 0 amide bonds. The molecule has 1 unspecified atom stereocenters. The number of allylic oxidation sites excluding steroid dienone is 1. The summed E-state index contributed by atoms with van der Waals surface area (Å²) in [6, 6.07) is 0.198. The second kappa shape index (κ2) is 9.15. The van der Waals surface area contributed by atoms with Crippen LogP contribution < -0.4 is 11.3 Å². The minimum atomic E-state index is 0.198. The molecule has 1 atom stereocenters. The highest BCUT2D eigenvalue weighted by atomic mass is 16.5. The number of nitrogens with two attached hydrogens (primary N) is 1. The van der Waals surface area contributed by atoms with Gasteiger partial charge in [-0.05, 0) is 19.8 Å². The Kier molecular flexibility index (Phi) is 8.87. The Balaban J connectivity index is 3.42. The number of rotatable bonds is 9. The molecule has 4 heteroatoms. The summed E-state index contributed by atoms with van der Waals surface area (Å²) in [4.78, 5) is 0. The molecule has 0 aliphatic heterocycles. The topological polar surface area (TPSA) is 56.5 Å². The summed E-state index contributed by atoms with van der Waals surface area (Å²) >= 11 is 0. The van der Waals surface area contributed by atoms with Crippen LogP contribution in [0.1, 0.15) is 19.8 Å². The summed E-state index contributed by atoms with van der Waals surface area (Å²) in [5, 5.41) is 0. The lowest BCUT2D eigenvalue weighted by Gasteiger charge is -2.15. The second-order valence-electron chi connectivity index (χ2n) is 3.43. The summed E-state index contributed by atoms with van der Waals surface area (Å²) in [5.74, 6) is 5.38. The summed E-state index contributed by atoms with van der Waals surface area (Å²) in [6.07, 6.45) is 1.93. The van der Waals surface area contributed by atoms with Gasteiger partial charge in [0.15, 0.2) is 0 Å². The van der Waals surface area contributed by atoms with Crippen molar-refractivity contribution in [2.24, 2.45) is 5.84 Å². The van der Waals surface area contributed by atoms with Gasteiger partial charge in [-0.2, -0.15) is 0 Å². The molecular weight excluding hydrogens is 180 g/mol. The molecule has 84 valence electrons. The zero-order valence-electron chi connectivity index (χ0n) is 9.21. The molecule has 0 aromatic carbocycles. The molecule has 0 fully saturated rings. The third kappa shape index (κ3) is 8.19. The van der Waals surface area contributed by atoms with Gasteiger partial charge in [-0.1, -0.05) is 5.57 Å². The van der Waals surface area contributed by atoms with E-state index >= 15 is 0 Å². The molecule has 0 aliphatic carbocycles. The van der Waals surface area contributed by atoms with E-state index in [-0.39, 0.29) is 6.04 Å². The summed E-state index contributed by atoms with van der Waals surface area (Å²) in [5.41, 5.74) is 3.90. The molecule has 0 radical (unpaired) electrons. The van der Waals surface area contributed by atoms with Crippen LogP contribution in [0, 0.1) is 0 Å². The predicted octanol–water partition coefficient (Wildman–Crippen LogP) is 0.838. The zero-order valence-corrected chi connectivity index (χ0v) is 9.21. The normalized spacial score (nSPS) is 12.8. The van der Waals surface area contributed by atoms with Crippen molar-refractivity contribution in [1.82, 2.24) is 5.43 Å². The number of methoxy groups -OCH3 is 1. The predicted molar refractivity (Wildman–Crippen MR) is 57.9 cm³/mol. The quantitative estimate of drug-likeness (QED) is 0.252. The van der Waals surface area contributed by atoms with E-state index in [0.717, 1.165) is 12.8 Å². The second-order valence-corrected chi connectivity index (χ2v) is 3.43. The molecule has 0 aliphatic rings. The van der Waals surface area contributed by atoms with Crippen LogP contribution in [0.15, 0.2) is 12.2 Å². The van der Waals surface area contributed by atoms with E-state index in [1.165, 1.54) is 5.57 Å². The van der Waals surface area contributed by atoms with Gasteiger partial charge in [0.2, 0.25) is 0 Å². The van der Waals surface area contributed by atoms with Gasteiger partial charge in [-0.15, -0.1) is 6.58 Å². The van der Waals surface area contributed by atoms with Gasteiger partial charge in [-0.3, -0.25) is 11.3 Å². The Morgan fingerprint density at radius 2 is 2.21 bits per heavy atom. The Morgan fingerprint density at radius 1 is 1.50 bits per heavy atom. The zero-order chi connectivity index (χ0) is 10.8. The van der Waals surface area contributed by atoms with Crippen LogP contribution in [0.25, 0.3) is 0 Å². The van der Waals surface area contributed by atoms with Gasteiger partial charge in [0.1, 0.15) is 0 Å². The standard InChI is InChI=1S/C10H22N2O2/c1-9(2)4-5-10(12-11)8-14-7-6-13-3/h10,12H,1,4-8,11H2,2-3H3. The minimum absolute atomic E-state index is 0.198. The highest BCUT2D eigenvalue weighted by Crippen LogP contribution is 2.04. The van der Waals surface area contributed by atoms with E-state index in [1.54, 1.807) is 7.11 Å². The molecule has 3 N–H and O–H groups in total. The lowest BCUT2D eigenvalue weighted by molar-refractivity contribution is 0.0575. The van der Waals surface area contributed by atoms with E-state index < -0.39 is 0 Å². The first-order valence-electron chi connectivity index (χ1n) is 4.88. The first-order valence-corrected chi connectivity index (χ1v) is 4.88. The van der Waals surface area contributed by atoms with Crippen molar-refractivity contribution < 1.29 is 9.47 Å². The smallest absolute Gasteiger partial charge is 0.0701 e. The third-order valence-corrected chi connectivity index (χ3v) is 1.91. The van der Waals surface area contributed by atoms with Crippen molar-refractivity contribution >= 4 is 0 Å². The van der Waals surface area contributed by atoms with E-state index in [9.17, 15) is 0 Å². The minimum Gasteiger partial charge on any atom is -0.382 e. The van der Waals surface area contributed by atoms with Crippen LogP contribution in [0.2, 0.25) is 0 Å². The molecule has 0 bridgehead atoms. The fraction of sp³-hybridized carbons (Fsp3) is 0.800. The van der Waals surface area contributed by atoms with Crippen LogP contribution >= 0.6 is 0 Å². The maximum atomic E-state index is 5.38. The van der Waals surface area contributed by atoms with E-state index in [2.05, 4.69) is 12.0 Å². The molecule has 14 heavy (non-hydrogen) atoms. The van der Waals surface area contributed by atoms with Crippen LogP contribution in [-0.4, -0.2) is 33.0 Å². The van der Waals surface area contributed by atoms with Gasteiger partial charge in [0, 0.05) is 13.2 Å². The Labute approximate surface area is 86.4 Å². The molecule has 0 aromatic rings. The summed E-state index contributed by atoms with van der Waals surface area (Å²) < 4.78 is 10.2. The molecule has 4 nitrogen and oxygen atoms in total. The van der Waals surface area contributed by atoms with Crippen molar-refractivity contribution in [2.45, 2.75) is 25.8 Å². The number of ether oxygens (including phenoxy) is 2. The van der Waals surface area contributed by atoms with E-state index in [1.807, 2.05) is 6.92 Å². The van der Waals surface area contributed by atoms with Crippen molar-refractivity contribution in [3.8, 4) is 0 Å². The fourth-order valence-electron chi connectivity index (χ4n) is 1.00. The van der Waals surface area contributed by atoms with Gasteiger partial charge in [-0.25, -0.2) is 0 Å². The number of hydrazine groups is 1. The number of hydrogen-bond acceptors (Lipinski definition) is 4. The van der Waals surface area contributed by atoms with Crippen molar-refractivity contribution in [3.63, 3.8) is 0 Å². The number of hydrogen-bond donors (Lipinski definition) is 2. The molecule has 0 spiro atoms. The lowest BCUT2D eigenvalue weighted by Crippen LogP contribution is -2.38. The van der Waals surface area contributed by atoms with E-state index in [4.69, 9.17) is 15.3 Å². The van der Waals surface area contributed by atoms with Crippen LogP contribution in [-0.2, 0) is 9.47 Å². The largest absolute Gasteiger partial charge is 0.382 e. The molecule has 0 saturated heterocycles.